The van der Waals surface area contributed by atoms with Gasteiger partial charge in [-0.05, 0) is 31.5 Å². The van der Waals surface area contributed by atoms with Gasteiger partial charge < -0.3 is 5.11 Å². The van der Waals surface area contributed by atoms with Crippen molar-refractivity contribution in [2.45, 2.75) is 26.1 Å². The van der Waals surface area contributed by atoms with Gasteiger partial charge in [0.05, 0.1) is 22.9 Å². The van der Waals surface area contributed by atoms with Crippen LogP contribution in [0.3, 0.4) is 0 Å². The number of halogens is 3. The maximum atomic E-state index is 12.9. The number of aromatic nitrogens is 1. The van der Waals surface area contributed by atoms with Crippen molar-refractivity contribution >= 4 is 10.9 Å². The first-order chi connectivity index (χ1) is 8.30. The summed E-state index contributed by atoms with van der Waals surface area (Å²) in [6, 6.07) is 5.56. The Morgan fingerprint density at radius 3 is 2.50 bits per heavy atom. The quantitative estimate of drug-likeness (QED) is 0.844. The zero-order valence-corrected chi connectivity index (χ0v) is 9.92. The van der Waals surface area contributed by atoms with Crippen molar-refractivity contribution in [2.24, 2.45) is 0 Å². The topological polar surface area (TPSA) is 33.1 Å². The molecule has 0 saturated heterocycles. The summed E-state index contributed by atoms with van der Waals surface area (Å²) < 4.78 is 38.6. The fourth-order valence-electron chi connectivity index (χ4n) is 1.89. The smallest absolute Gasteiger partial charge is 0.387 e. The minimum absolute atomic E-state index is 0.110. The predicted octanol–water partition coefficient (Wildman–Crippen LogP) is 3.62. The monoisotopic (exact) mass is 255 g/mol. The molecule has 0 amide bonds. The first kappa shape index (κ1) is 12.8. The van der Waals surface area contributed by atoms with E-state index >= 15 is 0 Å². The molecule has 1 heterocycles. The molecule has 0 bridgehead atoms. The molecular weight excluding hydrogens is 243 g/mol. The van der Waals surface area contributed by atoms with Gasteiger partial charge in [-0.25, -0.2) is 4.98 Å². The Labute approximate surface area is 102 Å². The highest BCUT2D eigenvalue weighted by Crippen LogP contribution is 2.35. The normalized spacial score (nSPS) is 13.9. The molecule has 1 aromatic heterocycles. The Bertz CT molecular complexity index is 591. The van der Waals surface area contributed by atoms with E-state index in [-0.39, 0.29) is 11.2 Å². The Hall–Kier alpha value is -1.62. The van der Waals surface area contributed by atoms with Gasteiger partial charge in [0.1, 0.15) is 0 Å². The van der Waals surface area contributed by atoms with E-state index in [1.54, 1.807) is 19.1 Å². The highest BCUT2D eigenvalue weighted by molar-refractivity contribution is 5.85. The second kappa shape index (κ2) is 4.24. The molecule has 18 heavy (non-hydrogen) atoms. The summed E-state index contributed by atoms with van der Waals surface area (Å²) in [5, 5.41) is 9.91. The third-order valence-electron chi connectivity index (χ3n) is 2.80. The fourth-order valence-corrected chi connectivity index (χ4v) is 1.89. The molecule has 1 N–H and O–H groups in total. The predicted molar refractivity (Wildman–Crippen MR) is 62.1 cm³/mol. The van der Waals surface area contributed by atoms with Crippen LogP contribution in [-0.2, 0) is 6.18 Å². The van der Waals surface area contributed by atoms with E-state index < -0.39 is 17.8 Å². The molecule has 0 radical (unpaired) electrons. The molecule has 0 saturated carbocycles. The number of aliphatic hydroxyl groups is 1. The van der Waals surface area contributed by atoms with Crippen LogP contribution in [0.25, 0.3) is 10.9 Å². The number of hydrogen-bond donors (Lipinski definition) is 1. The molecule has 0 aliphatic rings. The van der Waals surface area contributed by atoms with Crippen molar-refractivity contribution < 1.29 is 18.3 Å². The minimum Gasteiger partial charge on any atom is -0.387 e. The zero-order chi connectivity index (χ0) is 13.5. The molecule has 1 aromatic carbocycles. The summed E-state index contributed by atoms with van der Waals surface area (Å²) in [5.74, 6) is 0. The van der Waals surface area contributed by atoms with E-state index in [0.717, 1.165) is 6.07 Å². The van der Waals surface area contributed by atoms with Crippen molar-refractivity contribution in [3.8, 4) is 0 Å². The number of aryl methyl sites for hydroxylation is 1. The van der Waals surface area contributed by atoms with Crippen LogP contribution in [0.4, 0.5) is 13.2 Å². The number of hydrogen-bond acceptors (Lipinski definition) is 2. The molecule has 96 valence electrons. The van der Waals surface area contributed by atoms with E-state index in [1.807, 2.05) is 0 Å². The SMILES string of the molecule is Cc1cc(C(C)O)nc2c(C(F)(F)F)cccc12. The molecule has 0 fully saturated rings. The van der Waals surface area contributed by atoms with Crippen molar-refractivity contribution in [3.63, 3.8) is 0 Å². The fraction of sp³-hybridized carbons (Fsp3) is 0.308. The van der Waals surface area contributed by atoms with Crippen LogP contribution in [0.1, 0.15) is 29.8 Å². The lowest BCUT2D eigenvalue weighted by Crippen LogP contribution is -2.08. The van der Waals surface area contributed by atoms with Gasteiger partial charge in [0.25, 0.3) is 0 Å². The van der Waals surface area contributed by atoms with Gasteiger partial charge in [-0.3, -0.25) is 0 Å². The van der Waals surface area contributed by atoms with Crippen LogP contribution in [-0.4, -0.2) is 10.1 Å². The largest absolute Gasteiger partial charge is 0.418 e. The number of nitrogens with zero attached hydrogens (tertiary/aromatic N) is 1. The van der Waals surface area contributed by atoms with Gasteiger partial charge in [-0.15, -0.1) is 0 Å². The van der Waals surface area contributed by atoms with E-state index in [2.05, 4.69) is 4.98 Å². The Kier molecular flexibility index (Phi) is 3.02. The first-order valence-electron chi connectivity index (χ1n) is 5.46. The molecule has 0 aliphatic heterocycles. The van der Waals surface area contributed by atoms with Gasteiger partial charge in [-0.1, -0.05) is 12.1 Å². The summed E-state index contributed by atoms with van der Waals surface area (Å²) in [5.41, 5.74) is 0.0326. The molecule has 2 rings (SSSR count). The average molecular weight is 255 g/mol. The molecular formula is C13H12F3NO. The second-order valence-corrected chi connectivity index (χ2v) is 4.24. The van der Waals surface area contributed by atoms with E-state index in [4.69, 9.17) is 0 Å². The molecule has 2 nitrogen and oxygen atoms in total. The third-order valence-corrected chi connectivity index (χ3v) is 2.80. The van der Waals surface area contributed by atoms with Gasteiger partial charge in [0.15, 0.2) is 0 Å². The number of fused-ring (bicyclic) bond motifs is 1. The number of alkyl halides is 3. The minimum atomic E-state index is -4.45. The Balaban J connectivity index is 2.82. The van der Waals surface area contributed by atoms with Crippen LogP contribution < -0.4 is 0 Å². The lowest BCUT2D eigenvalue weighted by atomic mass is 10.0. The van der Waals surface area contributed by atoms with E-state index in [0.29, 0.717) is 10.9 Å². The van der Waals surface area contributed by atoms with E-state index in [9.17, 15) is 18.3 Å². The van der Waals surface area contributed by atoms with Crippen LogP contribution in [0.15, 0.2) is 24.3 Å². The molecule has 1 unspecified atom stereocenters. The third kappa shape index (κ3) is 2.18. The lowest BCUT2D eigenvalue weighted by molar-refractivity contribution is -0.136. The van der Waals surface area contributed by atoms with Crippen LogP contribution in [0.5, 0.6) is 0 Å². The lowest BCUT2D eigenvalue weighted by Gasteiger charge is -2.13. The van der Waals surface area contributed by atoms with Gasteiger partial charge in [0, 0.05) is 5.39 Å². The molecule has 0 aliphatic carbocycles. The van der Waals surface area contributed by atoms with Crippen LogP contribution >= 0.6 is 0 Å². The molecule has 0 spiro atoms. The average Bonchev–Trinajstić information content (AvgIpc) is 2.26. The standard InChI is InChI=1S/C13H12F3NO/c1-7-6-11(8(2)18)17-12-9(7)4-3-5-10(12)13(14,15)16/h3-6,8,18H,1-2H3. The Morgan fingerprint density at radius 2 is 1.94 bits per heavy atom. The van der Waals surface area contributed by atoms with Gasteiger partial charge >= 0.3 is 6.18 Å². The Morgan fingerprint density at radius 1 is 1.28 bits per heavy atom. The highest BCUT2D eigenvalue weighted by Gasteiger charge is 2.33. The molecule has 5 heteroatoms. The summed E-state index contributed by atoms with van der Waals surface area (Å²) in [6.07, 6.45) is -5.34. The second-order valence-electron chi connectivity index (χ2n) is 4.24. The van der Waals surface area contributed by atoms with Crippen molar-refractivity contribution in [2.75, 3.05) is 0 Å². The maximum absolute atomic E-state index is 12.9. The number of para-hydroxylation sites is 1. The van der Waals surface area contributed by atoms with Crippen molar-refractivity contribution in [1.29, 1.82) is 0 Å². The first-order valence-corrected chi connectivity index (χ1v) is 5.46. The van der Waals surface area contributed by atoms with Crippen LogP contribution in [0, 0.1) is 6.92 Å². The number of rotatable bonds is 1. The molecule has 1 atom stereocenters. The van der Waals surface area contributed by atoms with Gasteiger partial charge in [-0.2, -0.15) is 13.2 Å². The van der Waals surface area contributed by atoms with Crippen molar-refractivity contribution in [1.82, 2.24) is 4.98 Å². The van der Waals surface area contributed by atoms with E-state index in [1.165, 1.54) is 13.0 Å². The molecule has 2 aromatic rings. The zero-order valence-electron chi connectivity index (χ0n) is 9.92. The summed E-state index contributed by atoms with van der Waals surface area (Å²) in [4.78, 5) is 3.93. The van der Waals surface area contributed by atoms with Crippen LogP contribution in [0.2, 0.25) is 0 Å². The van der Waals surface area contributed by atoms with Crippen molar-refractivity contribution in [3.05, 3.63) is 41.1 Å². The number of pyridine rings is 1. The summed E-state index contributed by atoms with van der Waals surface area (Å²) in [7, 11) is 0. The number of benzene rings is 1. The summed E-state index contributed by atoms with van der Waals surface area (Å²) in [6.45, 7) is 3.18. The number of aliphatic hydroxyl groups excluding tert-OH is 1. The summed E-state index contributed by atoms with van der Waals surface area (Å²) >= 11 is 0. The maximum Gasteiger partial charge on any atom is 0.418 e. The van der Waals surface area contributed by atoms with Gasteiger partial charge in [0.2, 0.25) is 0 Å². The highest BCUT2D eigenvalue weighted by atomic mass is 19.4.